The number of amides is 1. The van der Waals surface area contributed by atoms with Crippen LogP contribution in [0.3, 0.4) is 0 Å². The van der Waals surface area contributed by atoms with Gasteiger partial charge in [0.2, 0.25) is 11.9 Å². The van der Waals surface area contributed by atoms with Crippen molar-refractivity contribution in [1.29, 1.82) is 0 Å². The summed E-state index contributed by atoms with van der Waals surface area (Å²) in [4.78, 5) is 33.5. The van der Waals surface area contributed by atoms with E-state index in [2.05, 4.69) is 6.92 Å². The molecule has 2 aromatic carbocycles. The second-order valence-corrected chi connectivity index (χ2v) is 7.90. The Morgan fingerprint density at radius 3 is 2.58 bits per heavy atom. The van der Waals surface area contributed by atoms with Crippen LogP contribution in [0, 0.1) is 5.92 Å². The SMILES string of the molecule is CCCCN1C(=O)[C@@H](C(=O)OCC)[C@@H](c2cc(OC)ccc2OC)n2c1nc1ccccc12. The minimum absolute atomic E-state index is 0.178. The van der Waals surface area contributed by atoms with Crippen LogP contribution >= 0.6 is 0 Å². The summed E-state index contributed by atoms with van der Waals surface area (Å²) in [7, 11) is 3.14. The number of imidazole rings is 1. The van der Waals surface area contributed by atoms with Crippen LogP contribution in [-0.4, -0.2) is 48.8 Å². The van der Waals surface area contributed by atoms with Gasteiger partial charge in [-0.1, -0.05) is 25.5 Å². The molecule has 1 aromatic heterocycles. The first-order valence-electron chi connectivity index (χ1n) is 11.2. The lowest BCUT2D eigenvalue weighted by atomic mass is 9.88. The molecule has 2 atom stereocenters. The molecule has 2 heterocycles. The standard InChI is InChI=1S/C25H29N3O5/c1-5-7-14-27-23(29)21(24(30)33-6-2)22(17-15-16(31-3)12-13-20(17)32-4)28-19-11-9-8-10-18(19)26-25(27)28/h8-13,15,21-22H,5-7,14H2,1-4H3/t21-,22+/m0/s1. The fourth-order valence-electron chi connectivity index (χ4n) is 4.42. The molecule has 1 aliphatic rings. The van der Waals surface area contributed by atoms with Crippen LogP contribution in [0.15, 0.2) is 42.5 Å². The Morgan fingerprint density at radius 2 is 1.88 bits per heavy atom. The molecule has 0 fully saturated rings. The summed E-state index contributed by atoms with van der Waals surface area (Å²) in [6.45, 7) is 4.44. The maximum atomic E-state index is 13.8. The van der Waals surface area contributed by atoms with Crippen molar-refractivity contribution < 1.29 is 23.8 Å². The molecule has 0 N–H and O–H groups in total. The van der Waals surface area contributed by atoms with Gasteiger partial charge < -0.3 is 18.8 Å². The van der Waals surface area contributed by atoms with E-state index < -0.39 is 17.9 Å². The zero-order valence-electron chi connectivity index (χ0n) is 19.4. The number of unbranched alkanes of at least 4 members (excludes halogenated alkanes) is 1. The van der Waals surface area contributed by atoms with E-state index in [0.29, 0.717) is 29.6 Å². The number of ether oxygens (including phenoxy) is 3. The van der Waals surface area contributed by atoms with Gasteiger partial charge in [0.25, 0.3) is 0 Å². The van der Waals surface area contributed by atoms with Crippen molar-refractivity contribution >= 4 is 28.9 Å². The number of aromatic nitrogens is 2. The van der Waals surface area contributed by atoms with Crippen molar-refractivity contribution in [1.82, 2.24) is 9.55 Å². The highest BCUT2D eigenvalue weighted by atomic mass is 16.5. The summed E-state index contributed by atoms with van der Waals surface area (Å²) >= 11 is 0. The predicted molar refractivity (Wildman–Crippen MR) is 125 cm³/mol. The summed E-state index contributed by atoms with van der Waals surface area (Å²) in [6.07, 6.45) is 1.69. The van der Waals surface area contributed by atoms with Crippen molar-refractivity contribution in [3.63, 3.8) is 0 Å². The zero-order valence-corrected chi connectivity index (χ0v) is 19.4. The molecule has 0 spiro atoms. The summed E-state index contributed by atoms with van der Waals surface area (Å²) in [5.74, 6) is -0.311. The van der Waals surface area contributed by atoms with Crippen LogP contribution in [0.5, 0.6) is 11.5 Å². The zero-order chi connectivity index (χ0) is 23.5. The van der Waals surface area contributed by atoms with E-state index in [9.17, 15) is 9.59 Å². The first-order valence-corrected chi connectivity index (χ1v) is 11.2. The summed E-state index contributed by atoms with van der Waals surface area (Å²) in [6, 6.07) is 12.3. The first-order chi connectivity index (χ1) is 16.0. The molecule has 4 rings (SSSR count). The number of carbonyl (C=O) groups excluding carboxylic acids is 2. The fraction of sp³-hybridized carbons (Fsp3) is 0.400. The molecule has 0 aliphatic carbocycles. The lowest BCUT2D eigenvalue weighted by molar-refractivity contribution is -0.153. The van der Waals surface area contributed by atoms with Gasteiger partial charge in [-0.05, 0) is 43.7 Å². The number of hydrogen-bond acceptors (Lipinski definition) is 6. The minimum Gasteiger partial charge on any atom is -0.497 e. The highest BCUT2D eigenvalue weighted by molar-refractivity contribution is 6.08. The molecule has 0 saturated carbocycles. The molecule has 3 aromatic rings. The third kappa shape index (κ3) is 3.90. The Balaban J connectivity index is 2.03. The lowest BCUT2D eigenvalue weighted by Crippen LogP contribution is -2.50. The number of hydrogen-bond donors (Lipinski definition) is 0. The van der Waals surface area contributed by atoms with Gasteiger partial charge in [0, 0.05) is 12.1 Å². The van der Waals surface area contributed by atoms with Crippen LogP contribution in [0.1, 0.15) is 38.3 Å². The number of nitrogens with zero attached hydrogens (tertiary/aromatic N) is 3. The number of carbonyl (C=O) groups is 2. The second kappa shape index (κ2) is 9.52. The molecule has 8 nitrogen and oxygen atoms in total. The number of para-hydroxylation sites is 2. The minimum atomic E-state index is -1.09. The van der Waals surface area contributed by atoms with Crippen molar-refractivity contribution in [3.05, 3.63) is 48.0 Å². The Morgan fingerprint density at radius 1 is 1.09 bits per heavy atom. The van der Waals surface area contributed by atoms with E-state index in [-0.39, 0.29) is 12.5 Å². The molecule has 0 bridgehead atoms. The van der Waals surface area contributed by atoms with E-state index in [1.54, 1.807) is 38.2 Å². The average molecular weight is 452 g/mol. The number of methoxy groups -OCH3 is 2. The van der Waals surface area contributed by atoms with Gasteiger partial charge in [0.15, 0.2) is 5.92 Å². The third-order valence-corrected chi connectivity index (χ3v) is 5.98. The Hall–Kier alpha value is -3.55. The van der Waals surface area contributed by atoms with E-state index in [1.165, 1.54) is 0 Å². The Bertz CT molecular complexity index is 1170. The largest absolute Gasteiger partial charge is 0.497 e. The number of rotatable bonds is 8. The summed E-state index contributed by atoms with van der Waals surface area (Å²) in [5, 5.41) is 0. The van der Waals surface area contributed by atoms with Crippen LogP contribution < -0.4 is 14.4 Å². The van der Waals surface area contributed by atoms with E-state index in [1.807, 2.05) is 34.9 Å². The smallest absolute Gasteiger partial charge is 0.321 e. The van der Waals surface area contributed by atoms with Crippen molar-refractivity contribution in [2.75, 3.05) is 32.3 Å². The second-order valence-electron chi connectivity index (χ2n) is 7.90. The molecule has 8 heteroatoms. The number of benzene rings is 2. The molecule has 1 amide bonds. The molecule has 33 heavy (non-hydrogen) atoms. The normalized spacial score (nSPS) is 17.7. The highest BCUT2D eigenvalue weighted by Gasteiger charge is 2.48. The maximum Gasteiger partial charge on any atom is 0.321 e. The van der Waals surface area contributed by atoms with Gasteiger partial charge in [-0.15, -0.1) is 0 Å². The number of esters is 1. The molecular weight excluding hydrogens is 422 g/mol. The monoisotopic (exact) mass is 451 g/mol. The predicted octanol–water partition coefficient (Wildman–Crippen LogP) is 3.97. The quantitative estimate of drug-likeness (QED) is 0.381. The molecule has 0 unspecified atom stereocenters. The van der Waals surface area contributed by atoms with Crippen molar-refractivity contribution in [2.45, 2.75) is 32.7 Å². The van der Waals surface area contributed by atoms with Crippen molar-refractivity contribution in [3.8, 4) is 11.5 Å². The van der Waals surface area contributed by atoms with E-state index in [0.717, 1.165) is 23.9 Å². The first kappa shape index (κ1) is 22.6. The Kier molecular flexibility index (Phi) is 6.53. The Labute approximate surface area is 193 Å². The molecule has 174 valence electrons. The van der Waals surface area contributed by atoms with E-state index in [4.69, 9.17) is 19.2 Å². The van der Waals surface area contributed by atoms with Gasteiger partial charge in [0.1, 0.15) is 11.5 Å². The molecule has 1 aliphatic heterocycles. The van der Waals surface area contributed by atoms with Crippen LogP contribution in [0.25, 0.3) is 11.0 Å². The van der Waals surface area contributed by atoms with Gasteiger partial charge in [-0.2, -0.15) is 0 Å². The van der Waals surface area contributed by atoms with Gasteiger partial charge >= 0.3 is 5.97 Å². The number of fused-ring (bicyclic) bond motifs is 3. The third-order valence-electron chi connectivity index (χ3n) is 5.98. The topological polar surface area (TPSA) is 82.9 Å². The summed E-state index contributed by atoms with van der Waals surface area (Å²) < 4.78 is 18.5. The summed E-state index contributed by atoms with van der Waals surface area (Å²) in [5.41, 5.74) is 2.23. The molecule has 0 saturated heterocycles. The van der Waals surface area contributed by atoms with Crippen LogP contribution in [-0.2, 0) is 14.3 Å². The number of anilines is 1. The van der Waals surface area contributed by atoms with Gasteiger partial charge in [-0.3, -0.25) is 14.5 Å². The van der Waals surface area contributed by atoms with Crippen LogP contribution in [0.4, 0.5) is 5.95 Å². The van der Waals surface area contributed by atoms with Gasteiger partial charge in [0.05, 0.1) is 37.9 Å². The lowest BCUT2D eigenvalue weighted by Gasteiger charge is -2.38. The van der Waals surface area contributed by atoms with Crippen LogP contribution in [0.2, 0.25) is 0 Å². The average Bonchev–Trinajstić information content (AvgIpc) is 3.21. The van der Waals surface area contributed by atoms with E-state index >= 15 is 0 Å². The maximum absolute atomic E-state index is 13.8. The molecule has 0 radical (unpaired) electrons. The van der Waals surface area contributed by atoms with Crippen molar-refractivity contribution in [2.24, 2.45) is 5.92 Å². The van der Waals surface area contributed by atoms with Gasteiger partial charge in [-0.25, -0.2) is 4.98 Å². The highest BCUT2D eigenvalue weighted by Crippen LogP contribution is 2.44. The molecular formula is C25H29N3O5. The fourth-order valence-corrected chi connectivity index (χ4v) is 4.42.